The first kappa shape index (κ1) is 11.8. The molecule has 0 unspecified atom stereocenters. The van der Waals surface area contributed by atoms with Gasteiger partial charge in [-0.05, 0) is 24.6 Å². The Morgan fingerprint density at radius 2 is 2.06 bits per heavy atom. The standard InChI is InChI=1S/C12H11ClFN3/c1-2-8-6-11(15)17-12(16-8)9-4-3-7(14)5-10(9)13/h3-6H,2H2,1H3,(H2,15,16,17). The zero-order valence-corrected chi connectivity index (χ0v) is 10.0. The third-order valence-electron chi connectivity index (χ3n) is 2.33. The van der Waals surface area contributed by atoms with Gasteiger partial charge in [-0.15, -0.1) is 0 Å². The molecule has 0 radical (unpaired) electrons. The van der Waals surface area contributed by atoms with Gasteiger partial charge in [-0.1, -0.05) is 18.5 Å². The molecule has 1 aromatic carbocycles. The number of nitrogen functional groups attached to an aromatic ring is 1. The SMILES string of the molecule is CCc1cc(N)nc(-c2ccc(F)cc2Cl)n1. The Morgan fingerprint density at radius 3 is 2.71 bits per heavy atom. The van der Waals surface area contributed by atoms with E-state index in [1.54, 1.807) is 12.1 Å². The second kappa shape index (κ2) is 4.67. The second-order valence-corrected chi connectivity index (χ2v) is 3.99. The van der Waals surface area contributed by atoms with E-state index in [1.165, 1.54) is 12.1 Å². The maximum atomic E-state index is 12.9. The molecule has 0 aliphatic carbocycles. The summed E-state index contributed by atoms with van der Waals surface area (Å²) < 4.78 is 12.9. The van der Waals surface area contributed by atoms with Gasteiger partial charge < -0.3 is 5.73 Å². The third-order valence-corrected chi connectivity index (χ3v) is 2.65. The summed E-state index contributed by atoms with van der Waals surface area (Å²) >= 11 is 5.95. The molecule has 0 aliphatic rings. The van der Waals surface area contributed by atoms with E-state index in [0.29, 0.717) is 17.2 Å². The average Bonchev–Trinajstić information content (AvgIpc) is 2.28. The summed E-state index contributed by atoms with van der Waals surface area (Å²) in [6.07, 6.45) is 0.749. The molecular formula is C12H11ClFN3. The molecule has 0 saturated heterocycles. The maximum absolute atomic E-state index is 12.9. The number of hydrogen-bond acceptors (Lipinski definition) is 3. The van der Waals surface area contributed by atoms with Crippen molar-refractivity contribution in [2.45, 2.75) is 13.3 Å². The topological polar surface area (TPSA) is 51.8 Å². The quantitative estimate of drug-likeness (QED) is 0.892. The lowest BCUT2D eigenvalue weighted by molar-refractivity contribution is 0.628. The maximum Gasteiger partial charge on any atom is 0.163 e. The summed E-state index contributed by atoms with van der Waals surface area (Å²) in [4.78, 5) is 8.42. The van der Waals surface area contributed by atoms with Crippen molar-refractivity contribution >= 4 is 17.4 Å². The minimum Gasteiger partial charge on any atom is -0.384 e. The Kier molecular flexibility index (Phi) is 3.24. The van der Waals surface area contributed by atoms with Crippen LogP contribution in [-0.4, -0.2) is 9.97 Å². The number of benzene rings is 1. The molecule has 0 bridgehead atoms. The Labute approximate surface area is 103 Å². The molecule has 3 nitrogen and oxygen atoms in total. The van der Waals surface area contributed by atoms with Gasteiger partial charge in [0.2, 0.25) is 0 Å². The molecule has 0 atom stereocenters. The fraction of sp³-hybridized carbons (Fsp3) is 0.167. The first-order valence-corrected chi connectivity index (χ1v) is 5.57. The van der Waals surface area contributed by atoms with E-state index < -0.39 is 5.82 Å². The predicted molar refractivity (Wildman–Crippen MR) is 66.2 cm³/mol. The van der Waals surface area contributed by atoms with Gasteiger partial charge in [-0.3, -0.25) is 0 Å². The summed E-state index contributed by atoms with van der Waals surface area (Å²) in [5.41, 5.74) is 7.09. The van der Waals surface area contributed by atoms with E-state index in [9.17, 15) is 4.39 Å². The molecule has 2 rings (SSSR count). The van der Waals surface area contributed by atoms with Crippen molar-refractivity contribution in [2.24, 2.45) is 0 Å². The van der Waals surface area contributed by atoms with Gasteiger partial charge in [0.15, 0.2) is 5.82 Å². The van der Waals surface area contributed by atoms with E-state index in [-0.39, 0.29) is 5.02 Å². The molecule has 0 amide bonds. The summed E-state index contributed by atoms with van der Waals surface area (Å²) in [5.74, 6) is 0.414. The zero-order chi connectivity index (χ0) is 12.4. The molecule has 0 aliphatic heterocycles. The first-order chi connectivity index (χ1) is 8.10. The smallest absolute Gasteiger partial charge is 0.163 e. The van der Waals surface area contributed by atoms with Crippen molar-refractivity contribution in [3.8, 4) is 11.4 Å². The monoisotopic (exact) mass is 251 g/mol. The van der Waals surface area contributed by atoms with Crippen LogP contribution in [0.5, 0.6) is 0 Å². The van der Waals surface area contributed by atoms with E-state index in [4.69, 9.17) is 17.3 Å². The minimum atomic E-state index is -0.390. The highest BCUT2D eigenvalue weighted by Crippen LogP contribution is 2.26. The predicted octanol–water partition coefficient (Wildman–Crippen LogP) is 3.08. The van der Waals surface area contributed by atoms with Gasteiger partial charge in [0, 0.05) is 17.3 Å². The van der Waals surface area contributed by atoms with E-state index in [1.807, 2.05) is 6.92 Å². The molecule has 2 N–H and O–H groups in total. The summed E-state index contributed by atoms with van der Waals surface area (Å²) in [6.45, 7) is 1.97. The van der Waals surface area contributed by atoms with Gasteiger partial charge in [-0.2, -0.15) is 0 Å². The number of rotatable bonds is 2. The zero-order valence-electron chi connectivity index (χ0n) is 9.24. The van der Waals surface area contributed by atoms with Crippen LogP contribution < -0.4 is 5.73 Å². The Balaban J connectivity index is 2.55. The number of nitrogens with two attached hydrogens (primary N) is 1. The highest BCUT2D eigenvalue weighted by Gasteiger charge is 2.09. The highest BCUT2D eigenvalue weighted by atomic mass is 35.5. The molecule has 1 aromatic heterocycles. The fourth-order valence-electron chi connectivity index (χ4n) is 1.49. The van der Waals surface area contributed by atoms with E-state index in [0.717, 1.165) is 12.1 Å². The summed E-state index contributed by atoms with van der Waals surface area (Å²) in [7, 11) is 0. The molecule has 88 valence electrons. The van der Waals surface area contributed by atoms with Gasteiger partial charge in [0.05, 0.1) is 5.02 Å². The summed E-state index contributed by atoms with van der Waals surface area (Å²) in [6, 6.07) is 5.81. The molecule has 0 spiro atoms. The molecule has 0 fully saturated rings. The number of nitrogens with zero attached hydrogens (tertiary/aromatic N) is 2. The lowest BCUT2D eigenvalue weighted by Crippen LogP contribution is -2.00. The molecule has 2 aromatic rings. The largest absolute Gasteiger partial charge is 0.384 e. The molecular weight excluding hydrogens is 241 g/mol. The van der Waals surface area contributed by atoms with Crippen LogP contribution in [0.3, 0.4) is 0 Å². The van der Waals surface area contributed by atoms with Crippen LogP contribution in [0.4, 0.5) is 10.2 Å². The number of anilines is 1. The Bertz CT molecular complexity index is 557. The van der Waals surface area contributed by atoms with Crippen LogP contribution in [0.15, 0.2) is 24.3 Å². The highest BCUT2D eigenvalue weighted by molar-refractivity contribution is 6.33. The minimum absolute atomic E-state index is 0.276. The lowest BCUT2D eigenvalue weighted by Gasteiger charge is -2.06. The number of hydrogen-bond donors (Lipinski definition) is 1. The van der Waals surface area contributed by atoms with Crippen LogP contribution in [0.1, 0.15) is 12.6 Å². The normalized spacial score (nSPS) is 10.5. The number of aryl methyl sites for hydroxylation is 1. The van der Waals surface area contributed by atoms with Crippen LogP contribution in [0.2, 0.25) is 5.02 Å². The van der Waals surface area contributed by atoms with Crippen molar-refractivity contribution < 1.29 is 4.39 Å². The van der Waals surface area contributed by atoms with Crippen LogP contribution in [0.25, 0.3) is 11.4 Å². The van der Waals surface area contributed by atoms with E-state index in [2.05, 4.69) is 9.97 Å². The van der Waals surface area contributed by atoms with Gasteiger partial charge >= 0.3 is 0 Å². The Morgan fingerprint density at radius 1 is 1.29 bits per heavy atom. The van der Waals surface area contributed by atoms with Gasteiger partial charge in [0.25, 0.3) is 0 Å². The summed E-state index contributed by atoms with van der Waals surface area (Å²) in [5, 5.41) is 0.276. The molecule has 1 heterocycles. The number of aromatic nitrogens is 2. The number of halogens is 2. The molecule has 17 heavy (non-hydrogen) atoms. The molecule has 5 heteroatoms. The van der Waals surface area contributed by atoms with Crippen LogP contribution >= 0.6 is 11.6 Å². The first-order valence-electron chi connectivity index (χ1n) is 5.19. The van der Waals surface area contributed by atoms with Crippen molar-refractivity contribution in [3.05, 3.63) is 40.8 Å². The van der Waals surface area contributed by atoms with Gasteiger partial charge in [0.1, 0.15) is 11.6 Å². The van der Waals surface area contributed by atoms with Gasteiger partial charge in [-0.25, -0.2) is 14.4 Å². The fourth-order valence-corrected chi connectivity index (χ4v) is 1.74. The lowest BCUT2D eigenvalue weighted by atomic mass is 10.2. The van der Waals surface area contributed by atoms with Crippen molar-refractivity contribution in [1.29, 1.82) is 0 Å². The molecule has 0 saturated carbocycles. The second-order valence-electron chi connectivity index (χ2n) is 3.59. The average molecular weight is 252 g/mol. The van der Waals surface area contributed by atoms with Crippen LogP contribution in [-0.2, 0) is 6.42 Å². The third kappa shape index (κ3) is 2.53. The van der Waals surface area contributed by atoms with Crippen molar-refractivity contribution in [3.63, 3.8) is 0 Å². The van der Waals surface area contributed by atoms with Crippen molar-refractivity contribution in [2.75, 3.05) is 5.73 Å². The Hall–Kier alpha value is -1.68. The van der Waals surface area contributed by atoms with Crippen molar-refractivity contribution in [1.82, 2.24) is 9.97 Å². The van der Waals surface area contributed by atoms with E-state index >= 15 is 0 Å². The van der Waals surface area contributed by atoms with Crippen LogP contribution in [0, 0.1) is 5.82 Å².